The van der Waals surface area contributed by atoms with Gasteiger partial charge in [-0.2, -0.15) is 10.4 Å². The minimum atomic E-state index is -1.79. The molecule has 3 heterocycles. The summed E-state index contributed by atoms with van der Waals surface area (Å²) >= 11 is 0. The third-order valence-electron chi connectivity index (χ3n) is 5.06. The fourth-order valence-corrected chi connectivity index (χ4v) is 3.47. The summed E-state index contributed by atoms with van der Waals surface area (Å²) in [6, 6.07) is 5.15. The van der Waals surface area contributed by atoms with Crippen LogP contribution in [-0.4, -0.2) is 55.8 Å². The highest BCUT2D eigenvalue weighted by Gasteiger charge is 2.56. The molecule has 1 amide bonds. The summed E-state index contributed by atoms with van der Waals surface area (Å²) in [6.45, 7) is 4.16. The number of hydrogen-bond acceptors (Lipinski definition) is 8. The van der Waals surface area contributed by atoms with Gasteiger partial charge in [0.1, 0.15) is 30.1 Å². The molecule has 0 radical (unpaired) electrons. The Bertz CT molecular complexity index is 910. The van der Waals surface area contributed by atoms with Gasteiger partial charge in [-0.05, 0) is 25.0 Å². The largest absolute Gasteiger partial charge is 0.449 e. The van der Waals surface area contributed by atoms with Gasteiger partial charge in [-0.25, -0.2) is 14.3 Å². The van der Waals surface area contributed by atoms with E-state index >= 15 is 0 Å². The number of nitrogens with zero attached hydrogens (tertiary/aromatic N) is 4. The number of hydrogen-bond donors (Lipinski definition) is 3. The maximum Gasteiger partial charge on any atom is 0.412 e. The fourth-order valence-electron chi connectivity index (χ4n) is 3.47. The average Bonchev–Trinajstić information content (AvgIpc) is 3.27. The number of carbonyl (C=O) groups excluding carboxylic acids is 1. The van der Waals surface area contributed by atoms with E-state index in [2.05, 4.69) is 22.3 Å². The molecule has 3 N–H and O–H groups in total. The number of aliphatic hydroxyl groups excluding tert-OH is 2. The van der Waals surface area contributed by atoms with Crippen molar-refractivity contribution in [2.75, 3.05) is 11.9 Å². The van der Waals surface area contributed by atoms with Crippen molar-refractivity contribution in [2.45, 2.75) is 63.4 Å². The van der Waals surface area contributed by atoms with E-state index in [9.17, 15) is 20.3 Å². The van der Waals surface area contributed by atoms with E-state index in [4.69, 9.17) is 9.47 Å². The molecular weight excluding hydrogens is 378 g/mol. The Kier molecular flexibility index (Phi) is 6.32. The van der Waals surface area contributed by atoms with E-state index < -0.39 is 30.0 Å². The van der Waals surface area contributed by atoms with Crippen LogP contribution >= 0.6 is 0 Å². The Hall–Kier alpha value is -2.74. The molecule has 4 atom stereocenters. The number of fused-ring (bicyclic) bond motifs is 1. The predicted octanol–water partition coefficient (Wildman–Crippen LogP) is 1.72. The number of anilines is 1. The minimum Gasteiger partial charge on any atom is -0.449 e. The summed E-state index contributed by atoms with van der Waals surface area (Å²) in [5.41, 5.74) is -1.16. The van der Waals surface area contributed by atoms with E-state index in [1.165, 1.54) is 10.8 Å². The molecule has 3 rings (SSSR count). The lowest BCUT2D eigenvalue weighted by Gasteiger charge is -2.24. The number of rotatable bonds is 7. The van der Waals surface area contributed by atoms with E-state index in [1.54, 1.807) is 19.1 Å². The molecule has 0 bridgehead atoms. The van der Waals surface area contributed by atoms with Gasteiger partial charge in [0.15, 0.2) is 5.82 Å². The van der Waals surface area contributed by atoms with Crippen molar-refractivity contribution in [3.63, 3.8) is 0 Å². The van der Waals surface area contributed by atoms with Gasteiger partial charge < -0.3 is 19.7 Å². The Labute approximate surface area is 168 Å². The van der Waals surface area contributed by atoms with Crippen LogP contribution in [0.2, 0.25) is 0 Å². The summed E-state index contributed by atoms with van der Waals surface area (Å²) < 4.78 is 12.3. The second-order valence-electron chi connectivity index (χ2n) is 6.94. The van der Waals surface area contributed by atoms with Crippen LogP contribution in [0.15, 0.2) is 18.5 Å². The lowest BCUT2D eigenvalue weighted by molar-refractivity contribution is -0.0510. The highest BCUT2D eigenvalue weighted by Crippen LogP contribution is 2.41. The second kappa shape index (κ2) is 8.73. The molecule has 29 heavy (non-hydrogen) atoms. The molecular formula is C19H25N5O5. The number of nitrogens with one attached hydrogen (secondary N) is 1. The van der Waals surface area contributed by atoms with Crippen molar-refractivity contribution in [2.24, 2.45) is 0 Å². The van der Waals surface area contributed by atoms with E-state index in [0.29, 0.717) is 18.5 Å². The van der Waals surface area contributed by atoms with Crippen molar-refractivity contribution in [3.05, 3.63) is 24.2 Å². The van der Waals surface area contributed by atoms with Crippen LogP contribution in [0.1, 0.15) is 45.2 Å². The van der Waals surface area contributed by atoms with Gasteiger partial charge in [-0.3, -0.25) is 5.32 Å². The molecule has 10 nitrogen and oxygen atoms in total. The first-order valence-corrected chi connectivity index (χ1v) is 9.70. The number of amides is 1. The van der Waals surface area contributed by atoms with Crippen molar-refractivity contribution < 1.29 is 24.5 Å². The molecule has 10 heteroatoms. The van der Waals surface area contributed by atoms with Gasteiger partial charge >= 0.3 is 6.09 Å². The van der Waals surface area contributed by atoms with Crippen molar-refractivity contribution in [3.8, 4) is 6.07 Å². The zero-order valence-electron chi connectivity index (χ0n) is 16.4. The maximum atomic E-state index is 12.0. The summed E-state index contributed by atoms with van der Waals surface area (Å²) in [6.07, 6.45) is 0.418. The molecule has 1 aliphatic heterocycles. The molecule has 0 saturated carbocycles. The standard InChI is InChI=1S/C19H25N5O5/c1-3-5-6-9-28-18(27)23-17-12-7-8-14(24(12)22-11-21-17)19(10-20)16(26)15(25)13(4-2)29-19/h7-8,11,13,15-16,25-26H,3-6,9H2,1-2H3,(H,21,22,23,27)/t13-,15-,16-,19+/m1/s1. The fraction of sp³-hybridized carbons (Fsp3) is 0.579. The van der Waals surface area contributed by atoms with Crippen molar-refractivity contribution in [1.82, 2.24) is 14.6 Å². The maximum absolute atomic E-state index is 12.0. The molecule has 2 aromatic heterocycles. The van der Waals surface area contributed by atoms with Gasteiger partial charge in [0, 0.05) is 0 Å². The summed E-state index contributed by atoms with van der Waals surface area (Å²) in [5.74, 6) is 0.194. The van der Waals surface area contributed by atoms with Crippen LogP contribution in [0, 0.1) is 11.3 Å². The zero-order valence-corrected chi connectivity index (χ0v) is 16.4. The summed E-state index contributed by atoms with van der Waals surface area (Å²) in [4.78, 5) is 16.1. The number of aliphatic hydroxyl groups is 2. The molecule has 1 fully saturated rings. The first-order valence-electron chi connectivity index (χ1n) is 9.70. The Morgan fingerprint density at radius 1 is 1.41 bits per heavy atom. The zero-order chi connectivity index (χ0) is 21.0. The van der Waals surface area contributed by atoms with Crippen LogP contribution in [0.3, 0.4) is 0 Å². The van der Waals surface area contributed by atoms with Gasteiger partial charge in [-0.1, -0.05) is 26.7 Å². The molecule has 156 valence electrons. The minimum absolute atomic E-state index is 0.194. The molecule has 1 aliphatic rings. The molecule has 0 unspecified atom stereocenters. The number of aromatic nitrogens is 3. The Morgan fingerprint density at radius 2 is 2.21 bits per heavy atom. The first kappa shape index (κ1) is 21.0. The van der Waals surface area contributed by atoms with Gasteiger partial charge in [0.05, 0.1) is 18.4 Å². The Morgan fingerprint density at radius 3 is 2.86 bits per heavy atom. The average molecular weight is 403 g/mol. The predicted molar refractivity (Wildman–Crippen MR) is 102 cm³/mol. The highest BCUT2D eigenvalue weighted by molar-refractivity contribution is 5.88. The second-order valence-corrected chi connectivity index (χ2v) is 6.94. The molecule has 2 aromatic rings. The van der Waals surface area contributed by atoms with E-state index in [-0.39, 0.29) is 11.5 Å². The van der Waals surface area contributed by atoms with E-state index in [1.807, 2.05) is 6.07 Å². The number of unbranched alkanes of at least 4 members (excludes halogenated alkanes) is 2. The lowest BCUT2D eigenvalue weighted by Crippen LogP contribution is -2.40. The molecule has 0 aromatic carbocycles. The lowest BCUT2D eigenvalue weighted by atomic mass is 9.92. The highest BCUT2D eigenvalue weighted by atomic mass is 16.6. The summed E-state index contributed by atoms with van der Waals surface area (Å²) in [5, 5.41) is 37.3. The van der Waals surface area contributed by atoms with Gasteiger partial charge in [0.2, 0.25) is 5.60 Å². The van der Waals surface area contributed by atoms with Crippen LogP contribution < -0.4 is 5.32 Å². The molecule has 1 saturated heterocycles. The summed E-state index contributed by atoms with van der Waals surface area (Å²) in [7, 11) is 0. The monoisotopic (exact) mass is 403 g/mol. The van der Waals surface area contributed by atoms with E-state index in [0.717, 1.165) is 19.3 Å². The first-order chi connectivity index (χ1) is 14.0. The van der Waals surface area contributed by atoms with Crippen molar-refractivity contribution in [1.29, 1.82) is 5.26 Å². The van der Waals surface area contributed by atoms with Crippen molar-refractivity contribution >= 4 is 17.4 Å². The van der Waals surface area contributed by atoms with Crippen LogP contribution in [0.4, 0.5) is 10.6 Å². The quantitative estimate of drug-likeness (QED) is 0.593. The van der Waals surface area contributed by atoms with Crippen LogP contribution in [0.5, 0.6) is 0 Å². The number of ether oxygens (including phenoxy) is 2. The third-order valence-corrected chi connectivity index (χ3v) is 5.06. The number of carbonyl (C=O) groups is 1. The van der Waals surface area contributed by atoms with Crippen LogP contribution in [-0.2, 0) is 15.1 Å². The molecule has 0 spiro atoms. The van der Waals surface area contributed by atoms with Crippen LogP contribution in [0.25, 0.3) is 5.52 Å². The normalized spacial score (nSPS) is 26.4. The van der Waals surface area contributed by atoms with Gasteiger partial charge in [-0.15, -0.1) is 0 Å². The number of nitriles is 1. The SMILES string of the molecule is CCCCCOC(=O)Nc1ncnn2c([C@]3(C#N)O[C@H](CC)[C@@H](O)[C@H]3O)ccc12. The third kappa shape index (κ3) is 3.76. The molecule has 0 aliphatic carbocycles. The van der Waals surface area contributed by atoms with Gasteiger partial charge in [0.25, 0.3) is 0 Å². The topological polar surface area (TPSA) is 142 Å². The Balaban J connectivity index is 1.88. The smallest absolute Gasteiger partial charge is 0.412 e.